The first-order chi connectivity index (χ1) is 18.2. The maximum absolute atomic E-state index is 5.54. The summed E-state index contributed by atoms with van der Waals surface area (Å²) in [6.45, 7) is 3.10. The smallest absolute Gasteiger partial charge is 0.156 e. The SMILES string of the molecule is COc1ccc(-c2nnc(NC3CCN(Cc4ccc5sccc5c4)CC3)c3cc(OC)ccc23)cc1. The first kappa shape index (κ1) is 23.7. The molecule has 1 aliphatic rings. The van der Waals surface area contributed by atoms with Crippen LogP contribution in [0, 0.1) is 0 Å². The number of rotatable bonds is 7. The Bertz CT molecular complexity index is 1520. The molecule has 7 heteroatoms. The summed E-state index contributed by atoms with van der Waals surface area (Å²) in [5, 5.41) is 18.6. The largest absolute Gasteiger partial charge is 0.497 e. The molecule has 6 rings (SSSR count). The van der Waals surface area contributed by atoms with Gasteiger partial charge in [-0.25, -0.2) is 0 Å². The normalized spacial score (nSPS) is 14.8. The van der Waals surface area contributed by atoms with Crippen molar-refractivity contribution in [3.8, 4) is 22.8 Å². The highest BCUT2D eigenvalue weighted by molar-refractivity contribution is 7.17. The second-order valence-corrected chi connectivity index (χ2v) is 10.5. The number of likely N-dealkylation sites (tertiary alicyclic amines) is 1. The molecule has 5 aromatic rings. The Hall–Kier alpha value is -3.68. The molecular formula is C30H30N4O2S. The summed E-state index contributed by atoms with van der Waals surface area (Å²) in [7, 11) is 3.37. The minimum Gasteiger partial charge on any atom is -0.497 e. The van der Waals surface area contributed by atoms with Crippen molar-refractivity contribution in [3.63, 3.8) is 0 Å². The maximum Gasteiger partial charge on any atom is 0.156 e. The number of piperidine rings is 1. The number of hydrogen-bond acceptors (Lipinski definition) is 7. The summed E-state index contributed by atoms with van der Waals surface area (Å²) >= 11 is 1.80. The number of nitrogens with one attached hydrogen (secondary N) is 1. The Morgan fingerprint density at radius 2 is 1.65 bits per heavy atom. The molecule has 0 unspecified atom stereocenters. The van der Waals surface area contributed by atoms with E-state index in [1.807, 2.05) is 30.3 Å². The fourth-order valence-corrected chi connectivity index (χ4v) is 5.90. The molecular weight excluding hydrogens is 480 g/mol. The van der Waals surface area contributed by atoms with Gasteiger partial charge >= 0.3 is 0 Å². The number of anilines is 1. The molecule has 6 nitrogen and oxygen atoms in total. The van der Waals surface area contributed by atoms with Gasteiger partial charge in [-0.3, -0.25) is 4.90 Å². The molecule has 0 amide bonds. The summed E-state index contributed by atoms with van der Waals surface area (Å²) in [6, 6.07) is 23.4. The van der Waals surface area contributed by atoms with E-state index >= 15 is 0 Å². The second-order valence-electron chi connectivity index (χ2n) is 9.52. The summed E-state index contributed by atoms with van der Waals surface area (Å²) in [5.41, 5.74) is 3.24. The lowest BCUT2D eigenvalue weighted by atomic mass is 10.0. The quantitative estimate of drug-likeness (QED) is 0.266. The molecule has 3 heterocycles. The van der Waals surface area contributed by atoms with Gasteiger partial charge in [0.15, 0.2) is 5.82 Å². The van der Waals surface area contributed by atoms with Crippen LogP contribution in [-0.2, 0) is 6.54 Å². The summed E-state index contributed by atoms with van der Waals surface area (Å²) in [4.78, 5) is 2.55. The monoisotopic (exact) mass is 510 g/mol. The van der Waals surface area contributed by atoms with Crippen LogP contribution in [0.2, 0.25) is 0 Å². The predicted molar refractivity (Wildman–Crippen MR) is 152 cm³/mol. The van der Waals surface area contributed by atoms with Crippen molar-refractivity contribution in [1.82, 2.24) is 15.1 Å². The lowest BCUT2D eigenvalue weighted by molar-refractivity contribution is 0.211. The van der Waals surface area contributed by atoms with Crippen LogP contribution in [-0.4, -0.2) is 48.4 Å². The summed E-state index contributed by atoms with van der Waals surface area (Å²) < 4.78 is 12.2. The average Bonchev–Trinajstić information content (AvgIpc) is 3.42. The number of methoxy groups -OCH3 is 2. The molecule has 2 aromatic heterocycles. The molecule has 3 aromatic carbocycles. The van der Waals surface area contributed by atoms with Crippen molar-refractivity contribution in [2.75, 3.05) is 32.6 Å². The van der Waals surface area contributed by atoms with E-state index in [0.717, 1.165) is 71.8 Å². The van der Waals surface area contributed by atoms with Crippen molar-refractivity contribution in [1.29, 1.82) is 0 Å². The van der Waals surface area contributed by atoms with Gasteiger partial charge in [-0.05, 0) is 89.8 Å². The van der Waals surface area contributed by atoms with Crippen LogP contribution in [0.3, 0.4) is 0 Å². The number of nitrogens with zero attached hydrogens (tertiary/aromatic N) is 3. The Morgan fingerprint density at radius 3 is 2.43 bits per heavy atom. The van der Waals surface area contributed by atoms with Gasteiger partial charge < -0.3 is 14.8 Å². The van der Waals surface area contributed by atoms with Gasteiger partial charge in [0.05, 0.1) is 14.2 Å². The maximum atomic E-state index is 5.54. The highest BCUT2D eigenvalue weighted by atomic mass is 32.1. The van der Waals surface area contributed by atoms with Gasteiger partial charge in [0.2, 0.25) is 0 Å². The topological polar surface area (TPSA) is 59.5 Å². The van der Waals surface area contributed by atoms with Crippen LogP contribution in [0.5, 0.6) is 11.5 Å². The summed E-state index contributed by atoms with van der Waals surface area (Å²) in [5.74, 6) is 2.44. The van der Waals surface area contributed by atoms with E-state index < -0.39 is 0 Å². The molecule has 1 N–H and O–H groups in total. The number of fused-ring (bicyclic) bond motifs is 2. The zero-order valence-corrected chi connectivity index (χ0v) is 21.9. The Balaban J connectivity index is 1.19. The van der Waals surface area contributed by atoms with E-state index in [1.165, 1.54) is 15.6 Å². The van der Waals surface area contributed by atoms with Crippen molar-refractivity contribution in [2.24, 2.45) is 0 Å². The van der Waals surface area contributed by atoms with E-state index in [4.69, 9.17) is 9.47 Å². The van der Waals surface area contributed by atoms with E-state index in [0.29, 0.717) is 6.04 Å². The minimum atomic E-state index is 0.353. The van der Waals surface area contributed by atoms with Crippen LogP contribution < -0.4 is 14.8 Å². The van der Waals surface area contributed by atoms with Crippen LogP contribution in [0.25, 0.3) is 32.1 Å². The van der Waals surface area contributed by atoms with Crippen molar-refractivity contribution >= 4 is 38.0 Å². The molecule has 0 saturated carbocycles. The lowest BCUT2D eigenvalue weighted by Gasteiger charge is -2.32. The Morgan fingerprint density at radius 1 is 0.865 bits per heavy atom. The first-order valence-electron chi connectivity index (χ1n) is 12.6. The standard InChI is InChI=1S/C30H30N4O2S/c1-35-24-6-4-21(5-7-24)29-26-9-8-25(36-2)18-27(26)30(33-32-29)31-23-11-14-34(15-12-23)19-20-3-10-28-22(17-20)13-16-37-28/h3-10,13,16-18,23H,11-12,14-15,19H2,1-2H3,(H,31,33). The molecule has 188 valence electrons. The molecule has 0 radical (unpaired) electrons. The van der Waals surface area contributed by atoms with Crippen molar-refractivity contribution < 1.29 is 9.47 Å². The molecule has 1 saturated heterocycles. The molecule has 1 fully saturated rings. The van der Waals surface area contributed by atoms with Gasteiger partial charge in [0.25, 0.3) is 0 Å². The lowest BCUT2D eigenvalue weighted by Crippen LogP contribution is -2.38. The second kappa shape index (κ2) is 10.4. The molecule has 0 atom stereocenters. The van der Waals surface area contributed by atoms with Crippen LogP contribution in [0.15, 0.2) is 72.1 Å². The van der Waals surface area contributed by atoms with E-state index in [1.54, 1.807) is 25.6 Å². The first-order valence-corrected chi connectivity index (χ1v) is 13.5. The van der Waals surface area contributed by atoms with Crippen LogP contribution >= 0.6 is 11.3 Å². The van der Waals surface area contributed by atoms with Crippen LogP contribution in [0.1, 0.15) is 18.4 Å². The van der Waals surface area contributed by atoms with E-state index in [-0.39, 0.29) is 0 Å². The molecule has 37 heavy (non-hydrogen) atoms. The average molecular weight is 511 g/mol. The Labute approximate surface area is 220 Å². The zero-order valence-electron chi connectivity index (χ0n) is 21.1. The molecule has 1 aliphatic heterocycles. The fourth-order valence-electron chi connectivity index (χ4n) is 5.13. The highest BCUT2D eigenvalue weighted by Gasteiger charge is 2.21. The number of thiophene rings is 1. The van der Waals surface area contributed by atoms with Gasteiger partial charge in [0.1, 0.15) is 17.2 Å². The number of ether oxygens (including phenoxy) is 2. The third kappa shape index (κ3) is 4.97. The predicted octanol–water partition coefficient (Wildman–Crippen LogP) is 6.61. The minimum absolute atomic E-state index is 0.353. The van der Waals surface area contributed by atoms with Crippen molar-refractivity contribution in [2.45, 2.75) is 25.4 Å². The van der Waals surface area contributed by atoms with E-state index in [2.05, 4.69) is 62.2 Å². The zero-order chi connectivity index (χ0) is 25.2. The van der Waals surface area contributed by atoms with Gasteiger partial charge in [-0.15, -0.1) is 21.5 Å². The third-order valence-corrected chi connectivity index (χ3v) is 8.10. The molecule has 0 aliphatic carbocycles. The van der Waals surface area contributed by atoms with Crippen molar-refractivity contribution in [3.05, 3.63) is 77.7 Å². The van der Waals surface area contributed by atoms with Gasteiger partial charge in [-0.2, -0.15) is 0 Å². The number of hydrogen-bond donors (Lipinski definition) is 1. The Kier molecular flexibility index (Phi) is 6.64. The number of aromatic nitrogens is 2. The van der Waals surface area contributed by atoms with E-state index in [9.17, 15) is 0 Å². The van der Waals surface area contributed by atoms with Gasteiger partial charge in [-0.1, -0.05) is 6.07 Å². The third-order valence-electron chi connectivity index (χ3n) is 7.20. The number of benzene rings is 3. The molecule has 0 bridgehead atoms. The summed E-state index contributed by atoms with van der Waals surface area (Å²) in [6.07, 6.45) is 2.13. The van der Waals surface area contributed by atoms with Crippen LogP contribution in [0.4, 0.5) is 5.82 Å². The molecule has 0 spiro atoms. The highest BCUT2D eigenvalue weighted by Crippen LogP contribution is 2.34. The fraction of sp³-hybridized carbons (Fsp3) is 0.267. The van der Waals surface area contributed by atoms with Gasteiger partial charge in [0, 0.05) is 46.7 Å².